The second kappa shape index (κ2) is 9.63. The van der Waals surface area contributed by atoms with E-state index < -0.39 is 11.6 Å². The smallest absolute Gasteiger partial charge is 0.191 e. The van der Waals surface area contributed by atoms with Gasteiger partial charge < -0.3 is 15.5 Å². The molecule has 9 heteroatoms. The molecule has 1 atom stereocenters. The quantitative estimate of drug-likeness (QED) is 0.378. The van der Waals surface area contributed by atoms with Gasteiger partial charge in [-0.05, 0) is 32.4 Å². The molecule has 3 rings (SSSR count). The Bertz CT molecular complexity index is 771. The lowest BCUT2D eigenvalue weighted by atomic mass is 10.2. The van der Waals surface area contributed by atoms with Crippen molar-refractivity contribution in [3.63, 3.8) is 0 Å². The molecule has 0 aliphatic carbocycles. The average Bonchev–Trinajstić information content (AvgIpc) is 3.18. The Kier molecular flexibility index (Phi) is 7.78. The van der Waals surface area contributed by atoms with E-state index in [4.69, 9.17) is 0 Å². The number of halogens is 3. The number of benzene rings is 1. The van der Waals surface area contributed by atoms with Gasteiger partial charge in [0.05, 0.1) is 12.2 Å². The van der Waals surface area contributed by atoms with E-state index in [0.717, 1.165) is 17.1 Å². The fraction of sp³-hybridized carbons (Fsp3) is 0.444. The van der Waals surface area contributed by atoms with Crippen LogP contribution in [0.1, 0.15) is 22.0 Å². The largest absolute Gasteiger partial charge is 0.365 e. The summed E-state index contributed by atoms with van der Waals surface area (Å²) < 4.78 is 27.9. The van der Waals surface area contributed by atoms with E-state index in [-0.39, 0.29) is 35.7 Å². The van der Waals surface area contributed by atoms with Crippen LogP contribution in [-0.2, 0) is 6.54 Å². The third-order valence-electron chi connectivity index (χ3n) is 4.49. The maximum Gasteiger partial charge on any atom is 0.191 e. The molecule has 5 nitrogen and oxygen atoms in total. The van der Waals surface area contributed by atoms with Crippen molar-refractivity contribution >= 4 is 47.0 Å². The van der Waals surface area contributed by atoms with Crippen LogP contribution in [0.25, 0.3) is 0 Å². The zero-order chi connectivity index (χ0) is 18.7. The predicted octanol–water partition coefficient (Wildman–Crippen LogP) is 3.60. The van der Waals surface area contributed by atoms with E-state index in [9.17, 15) is 8.78 Å². The lowest BCUT2D eigenvalue weighted by Crippen LogP contribution is -2.44. The first kappa shape index (κ1) is 21.8. The van der Waals surface area contributed by atoms with Crippen LogP contribution in [0, 0.1) is 25.5 Å². The van der Waals surface area contributed by atoms with Crippen molar-refractivity contribution in [2.45, 2.75) is 32.9 Å². The van der Waals surface area contributed by atoms with Crippen LogP contribution in [0.3, 0.4) is 0 Å². The van der Waals surface area contributed by atoms with Gasteiger partial charge in [0.15, 0.2) is 5.96 Å². The van der Waals surface area contributed by atoms with Crippen molar-refractivity contribution in [1.82, 2.24) is 15.6 Å². The monoisotopic (exact) mass is 507 g/mol. The van der Waals surface area contributed by atoms with Gasteiger partial charge in [-0.25, -0.2) is 13.8 Å². The van der Waals surface area contributed by atoms with Crippen molar-refractivity contribution in [2.24, 2.45) is 4.99 Å². The average molecular weight is 507 g/mol. The van der Waals surface area contributed by atoms with Gasteiger partial charge >= 0.3 is 0 Å². The van der Waals surface area contributed by atoms with E-state index in [1.54, 1.807) is 23.3 Å². The second-order valence-electron chi connectivity index (χ2n) is 6.32. The van der Waals surface area contributed by atoms with Gasteiger partial charge in [0.2, 0.25) is 0 Å². The molecule has 0 saturated carbocycles. The van der Waals surface area contributed by atoms with Gasteiger partial charge in [-0.15, -0.1) is 35.3 Å². The minimum atomic E-state index is -0.525. The number of nitrogens with one attached hydrogen (secondary N) is 2. The van der Waals surface area contributed by atoms with Crippen molar-refractivity contribution in [1.29, 1.82) is 0 Å². The summed E-state index contributed by atoms with van der Waals surface area (Å²) in [6.45, 7) is 5.76. The number of aliphatic imine (C=N–C) groups is 1. The van der Waals surface area contributed by atoms with E-state index in [1.165, 1.54) is 23.1 Å². The molecule has 1 aromatic carbocycles. The van der Waals surface area contributed by atoms with Gasteiger partial charge in [-0.2, -0.15) is 0 Å². The summed E-state index contributed by atoms with van der Waals surface area (Å²) in [5.74, 6) is -0.387. The van der Waals surface area contributed by atoms with Crippen LogP contribution in [0.4, 0.5) is 14.5 Å². The van der Waals surface area contributed by atoms with Crippen LogP contribution in [0.2, 0.25) is 0 Å². The summed E-state index contributed by atoms with van der Waals surface area (Å²) in [5, 5.41) is 7.58. The number of aryl methyl sites for hydroxylation is 2. The number of rotatable bonds is 4. The molecule has 148 valence electrons. The number of anilines is 1. The maximum atomic E-state index is 14.0. The van der Waals surface area contributed by atoms with Gasteiger partial charge in [-0.3, -0.25) is 4.99 Å². The number of para-hydroxylation sites is 1. The van der Waals surface area contributed by atoms with Gasteiger partial charge in [0.1, 0.15) is 22.3 Å². The molecule has 1 aromatic heterocycles. The number of aromatic nitrogens is 1. The Balaban J connectivity index is 0.00000261. The number of nitrogens with zero attached hydrogens (tertiary/aromatic N) is 3. The number of guanidine groups is 1. The Morgan fingerprint density at radius 1 is 1.33 bits per heavy atom. The fourth-order valence-corrected chi connectivity index (χ4v) is 3.91. The zero-order valence-corrected chi connectivity index (χ0v) is 18.7. The van der Waals surface area contributed by atoms with Crippen LogP contribution in [0.15, 0.2) is 23.2 Å². The lowest BCUT2D eigenvalue weighted by Gasteiger charge is -2.21. The standard InChI is InChI=1S/C18H23F2N5S.HI/c1-11-12(2)26-16(23-11)9-22-18(21-3)24-13-7-8-25(10-13)17-14(19)5-4-6-15(17)20;/h4-6,13H,7-10H2,1-3H3,(H2,21,22,24);1H. The van der Waals surface area contributed by atoms with Crippen LogP contribution in [-0.4, -0.2) is 37.1 Å². The van der Waals surface area contributed by atoms with Crippen molar-refractivity contribution in [2.75, 3.05) is 25.0 Å². The van der Waals surface area contributed by atoms with E-state index >= 15 is 0 Å². The summed E-state index contributed by atoms with van der Waals surface area (Å²) in [5.41, 5.74) is 1.10. The minimum absolute atomic E-state index is 0. The Morgan fingerprint density at radius 2 is 2.04 bits per heavy atom. The van der Waals surface area contributed by atoms with Crippen molar-refractivity contribution < 1.29 is 8.78 Å². The van der Waals surface area contributed by atoms with Crippen molar-refractivity contribution in [3.8, 4) is 0 Å². The molecule has 2 aromatic rings. The van der Waals surface area contributed by atoms with E-state index in [2.05, 4.69) is 27.5 Å². The number of thiazole rings is 1. The van der Waals surface area contributed by atoms with Crippen molar-refractivity contribution in [3.05, 3.63) is 45.4 Å². The third kappa shape index (κ3) is 5.28. The molecule has 1 saturated heterocycles. The normalized spacial score (nSPS) is 17.0. The zero-order valence-electron chi connectivity index (χ0n) is 15.6. The lowest BCUT2D eigenvalue weighted by molar-refractivity contribution is 0.576. The Hall–Kier alpha value is -1.49. The predicted molar refractivity (Wildman–Crippen MR) is 117 cm³/mol. The molecule has 2 N–H and O–H groups in total. The first-order valence-corrected chi connectivity index (χ1v) is 9.38. The van der Waals surface area contributed by atoms with Crippen LogP contribution < -0.4 is 15.5 Å². The Morgan fingerprint density at radius 3 is 2.63 bits per heavy atom. The van der Waals surface area contributed by atoms with E-state index in [0.29, 0.717) is 25.6 Å². The van der Waals surface area contributed by atoms with E-state index in [1.807, 2.05) is 6.92 Å². The molecule has 2 heterocycles. The molecule has 0 radical (unpaired) electrons. The highest BCUT2D eigenvalue weighted by Crippen LogP contribution is 2.26. The minimum Gasteiger partial charge on any atom is -0.365 e. The highest BCUT2D eigenvalue weighted by atomic mass is 127. The molecule has 1 unspecified atom stereocenters. The summed E-state index contributed by atoms with van der Waals surface area (Å²) in [6, 6.07) is 4.03. The van der Waals surface area contributed by atoms with Crippen LogP contribution in [0.5, 0.6) is 0 Å². The molecule has 1 aliphatic heterocycles. The first-order chi connectivity index (χ1) is 12.5. The topological polar surface area (TPSA) is 52.6 Å². The molecule has 1 fully saturated rings. The molecule has 0 bridgehead atoms. The summed E-state index contributed by atoms with van der Waals surface area (Å²) in [6.07, 6.45) is 0.782. The molecule has 0 amide bonds. The summed E-state index contributed by atoms with van der Waals surface area (Å²) in [7, 11) is 1.71. The first-order valence-electron chi connectivity index (χ1n) is 8.57. The molecule has 0 spiro atoms. The Labute approximate surface area is 179 Å². The fourth-order valence-electron chi connectivity index (χ4n) is 3.03. The van der Waals surface area contributed by atoms with Gasteiger partial charge in [-0.1, -0.05) is 6.07 Å². The third-order valence-corrected chi connectivity index (χ3v) is 5.56. The second-order valence-corrected chi connectivity index (χ2v) is 7.61. The maximum absolute atomic E-state index is 14.0. The molecular formula is C18H24F2IN5S. The summed E-state index contributed by atoms with van der Waals surface area (Å²) >= 11 is 1.66. The SMILES string of the molecule is CN=C(NCc1nc(C)c(C)s1)NC1CCN(c2c(F)cccc2F)C1.I. The molecular weight excluding hydrogens is 483 g/mol. The summed E-state index contributed by atoms with van der Waals surface area (Å²) in [4.78, 5) is 11.7. The molecule has 1 aliphatic rings. The number of hydrogen-bond acceptors (Lipinski definition) is 4. The number of hydrogen-bond donors (Lipinski definition) is 2. The van der Waals surface area contributed by atoms with Crippen LogP contribution >= 0.6 is 35.3 Å². The molecule has 27 heavy (non-hydrogen) atoms. The highest BCUT2D eigenvalue weighted by Gasteiger charge is 2.27. The highest BCUT2D eigenvalue weighted by molar-refractivity contribution is 14.0. The van der Waals surface area contributed by atoms with Gasteiger partial charge in [0.25, 0.3) is 0 Å². The van der Waals surface area contributed by atoms with Gasteiger partial charge in [0, 0.05) is 31.1 Å².